The average molecular weight is 398 g/mol. The summed E-state index contributed by atoms with van der Waals surface area (Å²) in [6.45, 7) is 3.28. The molecule has 2 aromatic heterocycles. The van der Waals surface area contributed by atoms with Crippen molar-refractivity contribution in [1.82, 2.24) is 9.38 Å². The summed E-state index contributed by atoms with van der Waals surface area (Å²) in [7, 11) is 0. The van der Waals surface area contributed by atoms with Gasteiger partial charge in [-0.25, -0.2) is 4.98 Å². The number of benzene rings is 2. The van der Waals surface area contributed by atoms with Crippen LogP contribution in [0.25, 0.3) is 16.9 Å². The molecular weight excluding hydrogens is 376 g/mol. The molecule has 150 valence electrons. The van der Waals surface area contributed by atoms with E-state index in [-0.39, 0.29) is 5.91 Å². The molecule has 1 amide bonds. The van der Waals surface area contributed by atoms with Crippen LogP contribution < -0.4 is 10.2 Å². The smallest absolute Gasteiger partial charge is 0.257 e. The molecule has 30 heavy (non-hydrogen) atoms. The Bertz CT molecular complexity index is 1160. The largest absolute Gasteiger partial charge is 0.378 e. The molecule has 0 aliphatic carbocycles. The van der Waals surface area contributed by atoms with Gasteiger partial charge < -0.3 is 19.4 Å². The highest BCUT2D eigenvalue weighted by atomic mass is 16.5. The third kappa shape index (κ3) is 3.77. The van der Waals surface area contributed by atoms with E-state index in [1.165, 1.54) is 0 Å². The van der Waals surface area contributed by atoms with Crippen molar-refractivity contribution in [3.05, 3.63) is 84.7 Å². The zero-order valence-electron chi connectivity index (χ0n) is 16.5. The zero-order valence-corrected chi connectivity index (χ0v) is 16.5. The molecule has 2 aromatic carbocycles. The first kappa shape index (κ1) is 18.4. The normalized spacial score (nSPS) is 14.1. The molecule has 6 nitrogen and oxygen atoms in total. The highest BCUT2D eigenvalue weighted by Gasteiger charge is 2.12. The van der Waals surface area contributed by atoms with Gasteiger partial charge in [0.05, 0.1) is 24.5 Å². The van der Waals surface area contributed by atoms with Crippen LogP contribution in [0.2, 0.25) is 0 Å². The number of amides is 1. The Hall–Kier alpha value is -3.64. The molecule has 1 aliphatic rings. The lowest BCUT2D eigenvalue weighted by atomic mass is 10.2. The number of imidazole rings is 1. The van der Waals surface area contributed by atoms with E-state index in [4.69, 9.17) is 4.74 Å². The number of rotatable bonds is 4. The number of hydrogen-bond acceptors (Lipinski definition) is 4. The summed E-state index contributed by atoms with van der Waals surface area (Å²) in [5.74, 6) is -0.147. The van der Waals surface area contributed by atoms with Crippen LogP contribution in [-0.2, 0) is 4.74 Å². The van der Waals surface area contributed by atoms with Crippen LogP contribution in [0.4, 0.5) is 11.4 Å². The summed E-state index contributed by atoms with van der Waals surface area (Å²) in [5, 5.41) is 2.98. The van der Waals surface area contributed by atoms with Gasteiger partial charge in [-0.1, -0.05) is 30.3 Å². The maximum Gasteiger partial charge on any atom is 0.257 e. The second-order valence-corrected chi connectivity index (χ2v) is 7.28. The van der Waals surface area contributed by atoms with Crippen molar-refractivity contribution in [1.29, 1.82) is 0 Å². The van der Waals surface area contributed by atoms with Crippen molar-refractivity contribution in [2.24, 2.45) is 0 Å². The molecule has 1 saturated heterocycles. The summed E-state index contributed by atoms with van der Waals surface area (Å²) < 4.78 is 7.29. The minimum atomic E-state index is -0.147. The lowest BCUT2D eigenvalue weighted by molar-refractivity contribution is 0.102. The number of hydrogen-bond donors (Lipinski definition) is 1. The molecule has 0 spiro atoms. The minimum Gasteiger partial charge on any atom is -0.378 e. The summed E-state index contributed by atoms with van der Waals surface area (Å²) in [4.78, 5) is 19.7. The van der Waals surface area contributed by atoms with Gasteiger partial charge >= 0.3 is 0 Å². The Morgan fingerprint density at radius 1 is 0.900 bits per heavy atom. The predicted octanol–water partition coefficient (Wildman–Crippen LogP) is 4.09. The number of fused-ring (bicyclic) bond motifs is 1. The van der Waals surface area contributed by atoms with E-state index in [9.17, 15) is 4.79 Å². The molecule has 0 unspecified atom stereocenters. The minimum absolute atomic E-state index is 0.147. The van der Waals surface area contributed by atoms with Gasteiger partial charge in [-0.2, -0.15) is 0 Å². The van der Waals surface area contributed by atoms with Crippen molar-refractivity contribution in [2.45, 2.75) is 0 Å². The molecule has 4 aromatic rings. The van der Waals surface area contributed by atoms with Gasteiger partial charge in [0.15, 0.2) is 0 Å². The van der Waals surface area contributed by atoms with Crippen molar-refractivity contribution in [3.63, 3.8) is 0 Å². The number of anilines is 2. The fraction of sp³-hybridized carbons (Fsp3) is 0.167. The third-order valence-corrected chi connectivity index (χ3v) is 5.28. The van der Waals surface area contributed by atoms with Crippen molar-refractivity contribution >= 4 is 22.9 Å². The van der Waals surface area contributed by atoms with Gasteiger partial charge in [0.25, 0.3) is 5.91 Å². The van der Waals surface area contributed by atoms with E-state index in [0.29, 0.717) is 5.56 Å². The Labute approximate surface area is 174 Å². The van der Waals surface area contributed by atoms with E-state index in [0.717, 1.165) is 54.6 Å². The number of nitrogens with zero attached hydrogens (tertiary/aromatic N) is 3. The number of carbonyl (C=O) groups is 1. The SMILES string of the molecule is O=C(Nc1ccc(N2CCOCC2)cc1)c1ccc2nc(-c3ccccc3)cn2c1. The number of carbonyl (C=O) groups excluding carboxylic acids is 1. The fourth-order valence-corrected chi connectivity index (χ4v) is 3.65. The molecule has 0 bridgehead atoms. The second-order valence-electron chi connectivity index (χ2n) is 7.28. The Morgan fingerprint density at radius 2 is 1.67 bits per heavy atom. The third-order valence-electron chi connectivity index (χ3n) is 5.28. The van der Waals surface area contributed by atoms with E-state index < -0.39 is 0 Å². The lowest BCUT2D eigenvalue weighted by Gasteiger charge is -2.28. The Morgan fingerprint density at radius 3 is 2.43 bits per heavy atom. The van der Waals surface area contributed by atoms with Gasteiger partial charge in [-0.3, -0.25) is 4.79 Å². The van der Waals surface area contributed by atoms with E-state index in [1.54, 1.807) is 6.07 Å². The summed E-state index contributed by atoms with van der Waals surface area (Å²) in [6, 6.07) is 21.6. The van der Waals surface area contributed by atoms with Gasteiger partial charge in [0.1, 0.15) is 5.65 Å². The number of ether oxygens (including phenoxy) is 1. The molecule has 1 aliphatic heterocycles. The van der Waals surface area contributed by atoms with Gasteiger partial charge in [-0.05, 0) is 36.4 Å². The van der Waals surface area contributed by atoms with Crippen molar-refractivity contribution < 1.29 is 9.53 Å². The Balaban J connectivity index is 1.32. The van der Waals surface area contributed by atoms with E-state index in [1.807, 2.05) is 77.5 Å². The van der Waals surface area contributed by atoms with E-state index in [2.05, 4.69) is 15.2 Å². The van der Waals surface area contributed by atoms with E-state index >= 15 is 0 Å². The van der Waals surface area contributed by atoms with Crippen LogP contribution in [0.15, 0.2) is 79.1 Å². The molecule has 3 heterocycles. The molecule has 1 N–H and O–H groups in total. The number of pyridine rings is 1. The highest BCUT2D eigenvalue weighted by Crippen LogP contribution is 2.21. The van der Waals surface area contributed by atoms with Gasteiger partial charge in [0.2, 0.25) is 0 Å². The quantitative estimate of drug-likeness (QED) is 0.563. The first-order valence-electron chi connectivity index (χ1n) is 10.0. The molecule has 0 radical (unpaired) electrons. The van der Waals surface area contributed by atoms with Crippen LogP contribution in [0.5, 0.6) is 0 Å². The Kier molecular flexibility index (Phi) is 4.91. The number of morpholine rings is 1. The highest BCUT2D eigenvalue weighted by molar-refractivity contribution is 6.04. The molecule has 1 fully saturated rings. The lowest BCUT2D eigenvalue weighted by Crippen LogP contribution is -2.36. The summed E-state index contributed by atoms with van der Waals surface area (Å²) in [5.41, 5.74) is 5.23. The summed E-state index contributed by atoms with van der Waals surface area (Å²) in [6.07, 6.45) is 3.75. The van der Waals surface area contributed by atoms with Crippen LogP contribution in [-0.4, -0.2) is 41.6 Å². The molecule has 5 rings (SSSR count). The standard InChI is InChI=1S/C24H22N4O2/c29-24(25-20-7-9-21(10-8-20)27-12-14-30-15-13-27)19-6-11-23-26-22(17-28(23)16-19)18-4-2-1-3-5-18/h1-11,16-17H,12-15H2,(H,25,29). The monoisotopic (exact) mass is 398 g/mol. The molecule has 0 saturated carbocycles. The molecule has 0 atom stereocenters. The average Bonchev–Trinajstić information content (AvgIpc) is 3.24. The van der Waals surface area contributed by atoms with Gasteiger partial charge in [-0.15, -0.1) is 0 Å². The van der Waals surface area contributed by atoms with Gasteiger partial charge in [0, 0.05) is 42.4 Å². The predicted molar refractivity (Wildman–Crippen MR) is 118 cm³/mol. The summed E-state index contributed by atoms with van der Waals surface area (Å²) >= 11 is 0. The molecule has 6 heteroatoms. The van der Waals surface area contributed by atoms with Crippen LogP contribution >= 0.6 is 0 Å². The maximum absolute atomic E-state index is 12.7. The zero-order chi connectivity index (χ0) is 20.3. The van der Waals surface area contributed by atoms with Crippen molar-refractivity contribution in [3.8, 4) is 11.3 Å². The molecular formula is C24H22N4O2. The maximum atomic E-state index is 12.7. The topological polar surface area (TPSA) is 58.9 Å². The fourth-order valence-electron chi connectivity index (χ4n) is 3.65. The first-order valence-corrected chi connectivity index (χ1v) is 10.0. The van der Waals surface area contributed by atoms with Crippen LogP contribution in [0.3, 0.4) is 0 Å². The number of nitrogens with one attached hydrogen (secondary N) is 1. The van der Waals surface area contributed by atoms with Crippen molar-refractivity contribution in [2.75, 3.05) is 36.5 Å². The number of aromatic nitrogens is 2. The van der Waals surface area contributed by atoms with Crippen LogP contribution in [0, 0.1) is 0 Å². The first-order chi connectivity index (χ1) is 14.8. The second kappa shape index (κ2) is 8.00. The van der Waals surface area contributed by atoms with Crippen LogP contribution in [0.1, 0.15) is 10.4 Å².